The van der Waals surface area contributed by atoms with Crippen molar-refractivity contribution < 1.29 is 23.9 Å². The van der Waals surface area contributed by atoms with Gasteiger partial charge < -0.3 is 14.3 Å². The number of carbonyl (C=O) groups is 2. The van der Waals surface area contributed by atoms with Gasteiger partial charge in [-0.2, -0.15) is 0 Å². The number of hydrogen-bond acceptors (Lipinski definition) is 3. The number of hydrogen-bond donors (Lipinski definition) is 1. The standard InChI is InChI=1S/C17H29NO4/c1-13(2)8-7-9-14(3)10-17(21)22-15(11-16(19)20)12-18(4,5)6/h8,10,15H,7,9,11-12H2,1-6H3/p+1/b14-10+. The van der Waals surface area contributed by atoms with Crippen LogP contribution in [0.2, 0.25) is 0 Å². The van der Waals surface area contributed by atoms with Crippen LogP contribution < -0.4 is 0 Å². The molecule has 0 aromatic rings. The Kier molecular flexibility index (Phi) is 8.72. The summed E-state index contributed by atoms with van der Waals surface area (Å²) in [4.78, 5) is 22.8. The first-order chi connectivity index (χ1) is 9.99. The van der Waals surface area contributed by atoms with E-state index in [-0.39, 0.29) is 6.42 Å². The first-order valence-electron chi connectivity index (χ1n) is 7.53. The highest BCUT2D eigenvalue weighted by Crippen LogP contribution is 2.10. The molecule has 22 heavy (non-hydrogen) atoms. The number of quaternary nitrogens is 1. The Morgan fingerprint density at radius 2 is 1.77 bits per heavy atom. The Hall–Kier alpha value is -1.62. The fourth-order valence-corrected chi connectivity index (χ4v) is 2.01. The quantitative estimate of drug-likeness (QED) is 0.308. The van der Waals surface area contributed by atoms with Crippen molar-refractivity contribution in [3.8, 4) is 0 Å². The van der Waals surface area contributed by atoms with Gasteiger partial charge in [0, 0.05) is 6.08 Å². The first-order valence-corrected chi connectivity index (χ1v) is 7.53. The van der Waals surface area contributed by atoms with Crippen molar-refractivity contribution in [2.75, 3.05) is 27.7 Å². The Labute approximate surface area is 133 Å². The molecule has 1 N–H and O–H groups in total. The topological polar surface area (TPSA) is 63.6 Å². The molecule has 126 valence electrons. The van der Waals surface area contributed by atoms with Crippen molar-refractivity contribution in [3.05, 3.63) is 23.3 Å². The number of rotatable bonds is 9. The second-order valence-corrected chi connectivity index (χ2v) is 6.94. The monoisotopic (exact) mass is 312 g/mol. The highest BCUT2D eigenvalue weighted by atomic mass is 16.5. The van der Waals surface area contributed by atoms with Crippen molar-refractivity contribution >= 4 is 11.9 Å². The molecule has 0 aliphatic heterocycles. The summed E-state index contributed by atoms with van der Waals surface area (Å²) >= 11 is 0. The highest BCUT2D eigenvalue weighted by Gasteiger charge is 2.24. The van der Waals surface area contributed by atoms with Crippen molar-refractivity contribution in [2.45, 2.75) is 46.1 Å². The summed E-state index contributed by atoms with van der Waals surface area (Å²) in [7, 11) is 5.80. The van der Waals surface area contributed by atoms with E-state index < -0.39 is 18.0 Å². The molecular weight excluding hydrogens is 282 g/mol. The number of carbonyl (C=O) groups excluding carboxylic acids is 1. The van der Waals surface area contributed by atoms with E-state index >= 15 is 0 Å². The molecule has 0 amide bonds. The van der Waals surface area contributed by atoms with E-state index in [9.17, 15) is 9.59 Å². The van der Waals surface area contributed by atoms with Gasteiger partial charge in [-0.05, 0) is 33.6 Å². The third kappa shape index (κ3) is 12.1. The average Bonchev–Trinajstić information content (AvgIpc) is 2.23. The number of ether oxygens (including phenoxy) is 1. The maximum atomic E-state index is 11.9. The van der Waals surface area contributed by atoms with Gasteiger partial charge in [-0.3, -0.25) is 4.79 Å². The van der Waals surface area contributed by atoms with Crippen LogP contribution in [0.1, 0.15) is 40.0 Å². The molecule has 1 unspecified atom stereocenters. The van der Waals surface area contributed by atoms with Crippen LogP contribution in [0.4, 0.5) is 0 Å². The molecule has 0 aromatic heterocycles. The summed E-state index contributed by atoms with van der Waals surface area (Å²) in [5, 5.41) is 8.92. The molecule has 0 aliphatic carbocycles. The Bertz CT molecular complexity index is 440. The maximum absolute atomic E-state index is 11.9. The number of carboxylic acid groups (broad SMARTS) is 1. The first kappa shape index (κ1) is 20.4. The van der Waals surface area contributed by atoms with E-state index in [1.165, 1.54) is 11.6 Å². The second kappa shape index (κ2) is 9.41. The lowest BCUT2D eigenvalue weighted by atomic mass is 10.1. The third-order valence-corrected chi connectivity index (χ3v) is 2.89. The van der Waals surface area contributed by atoms with Gasteiger partial charge in [0.05, 0.1) is 27.6 Å². The van der Waals surface area contributed by atoms with Gasteiger partial charge in [0.15, 0.2) is 6.10 Å². The lowest BCUT2D eigenvalue weighted by Gasteiger charge is -2.28. The molecule has 0 heterocycles. The predicted molar refractivity (Wildman–Crippen MR) is 87.5 cm³/mol. The van der Waals surface area contributed by atoms with E-state index in [4.69, 9.17) is 9.84 Å². The molecule has 5 nitrogen and oxygen atoms in total. The molecule has 0 bridgehead atoms. The summed E-state index contributed by atoms with van der Waals surface area (Å²) in [5.74, 6) is -1.43. The number of carboxylic acids is 1. The lowest BCUT2D eigenvalue weighted by molar-refractivity contribution is -0.873. The van der Waals surface area contributed by atoms with Crippen LogP contribution in [-0.2, 0) is 14.3 Å². The smallest absolute Gasteiger partial charge is 0.331 e. The van der Waals surface area contributed by atoms with Crippen LogP contribution in [0.3, 0.4) is 0 Å². The molecule has 0 fully saturated rings. The average molecular weight is 312 g/mol. The van der Waals surface area contributed by atoms with Gasteiger partial charge in [0.25, 0.3) is 0 Å². The van der Waals surface area contributed by atoms with Crippen LogP contribution in [0.5, 0.6) is 0 Å². The van der Waals surface area contributed by atoms with Gasteiger partial charge in [-0.1, -0.05) is 17.2 Å². The second-order valence-electron chi connectivity index (χ2n) is 6.94. The third-order valence-electron chi connectivity index (χ3n) is 2.89. The number of allylic oxidation sites excluding steroid dienone is 3. The number of likely N-dealkylation sites (N-methyl/N-ethyl adjacent to an activating group) is 1. The minimum absolute atomic E-state index is 0.175. The molecule has 0 saturated heterocycles. The van der Waals surface area contributed by atoms with Crippen LogP contribution in [0.15, 0.2) is 23.3 Å². The van der Waals surface area contributed by atoms with Gasteiger partial charge in [-0.15, -0.1) is 0 Å². The Balaban J connectivity index is 4.60. The molecule has 1 atom stereocenters. The van der Waals surface area contributed by atoms with E-state index in [0.29, 0.717) is 11.0 Å². The van der Waals surface area contributed by atoms with Crippen molar-refractivity contribution in [1.29, 1.82) is 0 Å². The highest BCUT2D eigenvalue weighted by molar-refractivity contribution is 5.83. The Morgan fingerprint density at radius 3 is 2.23 bits per heavy atom. The predicted octanol–water partition coefficient (Wildman–Crippen LogP) is 2.77. The summed E-state index contributed by atoms with van der Waals surface area (Å²) in [6.45, 7) is 6.41. The van der Waals surface area contributed by atoms with Crippen molar-refractivity contribution in [2.24, 2.45) is 0 Å². The van der Waals surface area contributed by atoms with E-state index in [1.807, 2.05) is 41.9 Å². The number of aliphatic carboxylic acids is 1. The van der Waals surface area contributed by atoms with E-state index in [2.05, 4.69) is 6.08 Å². The molecule has 0 saturated carbocycles. The van der Waals surface area contributed by atoms with Gasteiger partial charge in [0.2, 0.25) is 0 Å². The summed E-state index contributed by atoms with van der Waals surface area (Å²) in [6.07, 6.45) is 4.46. The summed E-state index contributed by atoms with van der Waals surface area (Å²) < 4.78 is 5.84. The van der Waals surface area contributed by atoms with E-state index in [0.717, 1.165) is 18.4 Å². The largest absolute Gasteiger partial charge is 0.481 e. The zero-order valence-corrected chi connectivity index (χ0v) is 14.7. The molecule has 5 heteroatoms. The van der Waals surface area contributed by atoms with Crippen LogP contribution >= 0.6 is 0 Å². The SMILES string of the molecule is CC(C)=CCC/C(C)=C/C(=O)OC(CC(=O)O)C[N+](C)(C)C. The number of nitrogens with zero attached hydrogens (tertiary/aromatic N) is 1. The lowest BCUT2D eigenvalue weighted by Crippen LogP contribution is -2.43. The normalized spacial score (nSPS) is 13.5. The fraction of sp³-hybridized carbons (Fsp3) is 0.647. The van der Waals surface area contributed by atoms with Crippen molar-refractivity contribution in [1.82, 2.24) is 0 Å². The molecular formula is C17H30NO4+. The zero-order chi connectivity index (χ0) is 17.3. The molecule has 0 aromatic carbocycles. The Morgan fingerprint density at radius 1 is 1.18 bits per heavy atom. The molecule has 0 spiro atoms. The minimum atomic E-state index is -0.962. The van der Waals surface area contributed by atoms with Gasteiger partial charge in [-0.25, -0.2) is 4.79 Å². The van der Waals surface area contributed by atoms with Crippen LogP contribution in [0, 0.1) is 0 Å². The van der Waals surface area contributed by atoms with E-state index in [1.54, 1.807) is 0 Å². The molecule has 0 aliphatic rings. The minimum Gasteiger partial charge on any atom is -0.481 e. The summed E-state index contributed by atoms with van der Waals surface area (Å²) in [6, 6.07) is 0. The maximum Gasteiger partial charge on any atom is 0.331 e. The fourth-order valence-electron chi connectivity index (χ4n) is 2.01. The molecule has 0 radical (unpaired) electrons. The van der Waals surface area contributed by atoms with Crippen molar-refractivity contribution in [3.63, 3.8) is 0 Å². The number of esters is 1. The van der Waals surface area contributed by atoms with Gasteiger partial charge in [0.1, 0.15) is 6.54 Å². The molecule has 0 rings (SSSR count). The van der Waals surface area contributed by atoms with Crippen LogP contribution in [0.25, 0.3) is 0 Å². The van der Waals surface area contributed by atoms with Crippen LogP contribution in [-0.4, -0.2) is 55.3 Å². The summed E-state index contributed by atoms with van der Waals surface area (Å²) in [5.41, 5.74) is 2.18. The van der Waals surface area contributed by atoms with Gasteiger partial charge >= 0.3 is 11.9 Å². The zero-order valence-electron chi connectivity index (χ0n) is 14.7.